The normalized spacial score (nSPS) is 13.3. The van der Waals surface area contributed by atoms with E-state index in [1.54, 1.807) is 0 Å². The van der Waals surface area contributed by atoms with Crippen LogP contribution in [0.25, 0.3) is 0 Å². The maximum atomic E-state index is 10.9. The highest BCUT2D eigenvalue weighted by Crippen LogP contribution is 2.37. The molecule has 0 aliphatic carbocycles. The van der Waals surface area contributed by atoms with Gasteiger partial charge in [-0.25, -0.2) is 4.57 Å². The molecule has 21 heavy (non-hydrogen) atoms. The molecule has 0 radical (unpaired) electrons. The summed E-state index contributed by atoms with van der Waals surface area (Å²) >= 11 is 0. The Balaban J connectivity index is 2.27. The monoisotopic (exact) mass is 322 g/mol. The van der Waals surface area contributed by atoms with Crippen LogP contribution in [-0.4, -0.2) is 25.2 Å². The fraction of sp³-hybridized carbons (Fsp3) is 0.200. The molecule has 0 saturated heterocycles. The zero-order chi connectivity index (χ0) is 15.3. The molecule has 1 atom stereocenters. The van der Waals surface area contributed by atoms with Gasteiger partial charge >= 0.3 is 7.82 Å². The lowest BCUT2D eigenvalue weighted by atomic mass is 10.4. The lowest BCUT2D eigenvalue weighted by Gasteiger charge is -2.23. The maximum Gasteiger partial charge on any atom is 0.469 e. The van der Waals surface area contributed by atoms with Crippen molar-refractivity contribution in [2.45, 2.75) is 12.5 Å². The van der Waals surface area contributed by atoms with Crippen molar-refractivity contribution in [3.63, 3.8) is 0 Å². The zero-order valence-corrected chi connectivity index (χ0v) is 13.8. The molecule has 2 aromatic rings. The first-order valence-corrected chi connectivity index (χ1v) is 10.1. The van der Waals surface area contributed by atoms with E-state index in [4.69, 9.17) is 14.3 Å². The van der Waals surface area contributed by atoms with Crippen molar-refractivity contribution < 1.29 is 18.9 Å². The molecule has 2 rings (SSSR count). The van der Waals surface area contributed by atoms with Gasteiger partial charge in [0.1, 0.15) is 8.80 Å². The first-order chi connectivity index (χ1) is 9.97. The molecule has 6 heteroatoms. The Kier molecular flexibility index (Phi) is 5.50. The second kappa shape index (κ2) is 7.16. The van der Waals surface area contributed by atoms with E-state index in [9.17, 15) is 4.57 Å². The predicted molar refractivity (Wildman–Crippen MR) is 86.7 cm³/mol. The van der Waals surface area contributed by atoms with Gasteiger partial charge in [0.05, 0.1) is 6.61 Å². The van der Waals surface area contributed by atoms with Crippen LogP contribution in [0, 0.1) is 0 Å². The molecule has 0 bridgehead atoms. The SMILES string of the molecule is CC(COP(=O)(O)O)[SiH](c1ccccc1)c1ccccc1. The van der Waals surface area contributed by atoms with E-state index in [0.717, 1.165) is 0 Å². The molecule has 112 valence electrons. The van der Waals surface area contributed by atoms with Crippen molar-refractivity contribution in [1.29, 1.82) is 0 Å². The lowest BCUT2D eigenvalue weighted by Crippen LogP contribution is -2.46. The number of phosphoric ester groups is 1. The summed E-state index contributed by atoms with van der Waals surface area (Å²) in [5.74, 6) is 0. The third-order valence-electron chi connectivity index (χ3n) is 3.39. The molecule has 0 saturated carbocycles. The van der Waals surface area contributed by atoms with Gasteiger partial charge in [0.15, 0.2) is 0 Å². The third kappa shape index (κ3) is 4.91. The molecular weight excluding hydrogens is 303 g/mol. The largest absolute Gasteiger partial charge is 0.469 e. The second-order valence-electron chi connectivity index (χ2n) is 5.06. The molecule has 0 amide bonds. The number of rotatable bonds is 6. The van der Waals surface area contributed by atoms with E-state index in [1.807, 2.05) is 43.3 Å². The predicted octanol–water partition coefficient (Wildman–Crippen LogP) is 1.53. The molecule has 2 N–H and O–H groups in total. The van der Waals surface area contributed by atoms with Crippen LogP contribution in [0.15, 0.2) is 60.7 Å². The average Bonchev–Trinajstić information content (AvgIpc) is 2.47. The Morgan fingerprint density at radius 1 is 1.00 bits per heavy atom. The van der Waals surface area contributed by atoms with E-state index in [1.165, 1.54) is 10.4 Å². The smallest absolute Gasteiger partial charge is 0.303 e. The summed E-state index contributed by atoms with van der Waals surface area (Å²) in [6.07, 6.45) is 0. The highest BCUT2D eigenvalue weighted by atomic mass is 31.2. The molecule has 1 unspecified atom stereocenters. The van der Waals surface area contributed by atoms with Gasteiger partial charge in [0.25, 0.3) is 0 Å². The summed E-state index contributed by atoms with van der Waals surface area (Å²) in [6, 6.07) is 20.2. The quantitative estimate of drug-likeness (QED) is 0.625. The average molecular weight is 322 g/mol. The van der Waals surface area contributed by atoms with E-state index < -0.39 is 16.6 Å². The summed E-state index contributed by atoms with van der Waals surface area (Å²) in [7, 11) is -6.02. The first-order valence-electron chi connectivity index (χ1n) is 6.77. The third-order valence-corrected chi connectivity index (χ3v) is 7.41. The van der Waals surface area contributed by atoms with Crippen LogP contribution >= 0.6 is 7.82 Å². The van der Waals surface area contributed by atoms with Crippen molar-refractivity contribution in [1.82, 2.24) is 0 Å². The molecule has 0 fully saturated rings. The molecule has 4 nitrogen and oxygen atoms in total. The molecule has 0 aliphatic rings. The minimum absolute atomic E-state index is 0.0605. The molecular formula is C15H19O4PSi. The summed E-state index contributed by atoms with van der Waals surface area (Å²) < 4.78 is 15.6. The maximum absolute atomic E-state index is 10.9. The van der Waals surface area contributed by atoms with E-state index >= 15 is 0 Å². The van der Waals surface area contributed by atoms with Crippen molar-refractivity contribution in [2.75, 3.05) is 6.61 Å². The standard InChI is InChI=1S/C15H19O4PSi/c1-13(12-19-20(16,17)18)21(14-8-4-2-5-9-14)15-10-6-3-7-11-15/h2-11,13,21H,12H2,1H3,(H2,16,17,18). The van der Waals surface area contributed by atoms with E-state index in [0.29, 0.717) is 0 Å². The summed E-state index contributed by atoms with van der Waals surface area (Å²) in [6.45, 7) is 2.05. The topological polar surface area (TPSA) is 66.8 Å². The summed E-state index contributed by atoms with van der Waals surface area (Å²) in [5.41, 5.74) is 0.0717. The van der Waals surface area contributed by atoms with Gasteiger partial charge in [-0.15, -0.1) is 0 Å². The number of phosphoric acid groups is 1. The van der Waals surface area contributed by atoms with Crippen LogP contribution in [0.3, 0.4) is 0 Å². The van der Waals surface area contributed by atoms with E-state index in [2.05, 4.69) is 24.3 Å². The van der Waals surface area contributed by atoms with Crippen molar-refractivity contribution in [2.24, 2.45) is 0 Å². The molecule has 0 heterocycles. The highest BCUT2D eigenvalue weighted by molar-refractivity contribution is 7.46. The molecule has 0 aliphatic heterocycles. The number of hydrogen-bond acceptors (Lipinski definition) is 2. The highest BCUT2D eigenvalue weighted by Gasteiger charge is 2.26. The van der Waals surface area contributed by atoms with Gasteiger partial charge < -0.3 is 9.79 Å². The van der Waals surface area contributed by atoms with Crippen LogP contribution in [0.2, 0.25) is 5.54 Å². The minimum atomic E-state index is -4.42. The van der Waals surface area contributed by atoms with Gasteiger partial charge in [0, 0.05) is 0 Å². The lowest BCUT2D eigenvalue weighted by molar-refractivity contribution is 0.197. The molecule has 2 aromatic carbocycles. The van der Waals surface area contributed by atoms with Gasteiger partial charge in [-0.05, 0) is 5.54 Å². The van der Waals surface area contributed by atoms with Gasteiger partial charge in [-0.2, -0.15) is 0 Å². The van der Waals surface area contributed by atoms with E-state index in [-0.39, 0.29) is 12.1 Å². The fourth-order valence-corrected chi connectivity index (χ4v) is 6.33. The van der Waals surface area contributed by atoms with Crippen molar-refractivity contribution in [3.05, 3.63) is 60.7 Å². The van der Waals surface area contributed by atoms with Crippen LogP contribution in [0.5, 0.6) is 0 Å². The molecule has 0 spiro atoms. The van der Waals surface area contributed by atoms with Gasteiger partial charge in [0.2, 0.25) is 0 Å². The van der Waals surface area contributed by atoms with Crippen LogP contribution in [0.1, 0.15) is 6.92 Å². The first kappa shape index (κ1) is 16.1. The van der Waals surface area contributed by atoms with Crippen LogP contribution in [0.4, 0.5) is 0 Å². The molecule has 0 aromatic heterocycles. The minimum Gasteiger partial charge on any atom is -0.303 e. The Morgan fingerprint density at radius 3 is 1.81 bits per heavy atom. The van der Waals surface area contributed by atoms with Gasteiger partial charge in [-0.1, -0.05) is 78.0 Å². The van der Waals surface area contributed by atoms with Crippen LogP contribution < -0.4 is 10.4 Å². The Bertz CT molecular complexity index is 560. The summed E-state index contributed by atoms with van der Waals surface area (Å²) in [4.78, 5) is 17.8. The van der Waals surface area contributed by atoms with Crippen LogP contribution in [-0.2, 0) is 9.09 Å². The Morgan fingerprint density at radius 2 is 1.43 bits per heavy atom. The second-order valence-corrected chi connectivity index (χ2v) is 9.73. The number of benzene rings is 2. The Hall–Kier alpha value is -1.23. The van der Waals surface area contributed by atoms with Gasteiger partial charge in [-0.3, -0.25) is 4.52 Å². The number of hydrogen-bond donors (Lipinski definition) is 2. The zero-order valence-electron chi connectivity index (χ0n) is 11.8. The fourth-order valence-electron chi connectivity index (χ4n) is 2.48. The van der Waals surface area contributed by atoms with Crippen molar-refractivity contribution >= 4 is 27.0 Å². The Labute approximate surface area is 126 Å². The summed E-state index contributed by atoms with van der Waals surface area (Å²) in [5, 5.41) is 2.48. The van der Waals surface area contributed by atoms with Crippen molar-refractivity contribution in [3.8, 4) is 0 Å².